The third-order valence-corrected chi connectivity index (χ3v) is 6.55. The average Bonchev–Trinajstić information content (AvgIpc) is 2.95. The Hall–Kier alpha value is -2.17. The van der Waals surface area contributed by atoms with Gasteiger partial charge in [0.2, 0.25) is 11.8 Å². The number of amides is 2. The summed E-state index contributed by atoms with van der Waals surface area (Å²) in [6, 6.07) is 11.2. The predicted molar refractivity (Wildman–Crippen MR) is 106 cm³/mol. The third-order valence-electron chi connectivity index (χ3n) is 4.83. The summed E-state index contributed by atoms with van der Waals surface area (Å²) in [6.45, 7) is 0. The Labute approximate surface area is 169 Å². The van der Waals surface area contributed by atoms with Crippen LogP contribution in [0.3, 0.4) is 0 Å². The largest absolute Gasteiger partial charge is 0.274 e. The maximum atomic E-state index is 12.9. The Morgan fingerprint density at radius 2 is 1.93 bits per heavy atom. The van der Waals surface area contributed by atoms with E-state index in [4.69, 9.17) is 0 Å². The molecule has 5 nitrogen and oxygen atoms in total. The molecule has 1 aliphatic carbocycles. The minimum Gasteiger partial charge on any atom is -0.274 e. The lowest BCUT2D eigenvalue weighted by Crippen LogP contribution is -2.31. The fourth-order valence-corrected chi connectivity index (χ4v) is 4.84. The lowest BCUT2D eigenvalue weighted by atomic mass is 9.95. The van der Waals surface area contributed by atoms with Crippen LogP contribution < -0.4 is 4.90 Å². The number of hydrogen-bond donors (Lipinski definition) is 0. The normalized spacial score (nSPS) is 19.1. The van der Waals surface area contributed by atoms with Crippen molar-refractivity contribution in [3.8, 4) is 6.07 Å². The number of nitrogens with zero attached hydrogens (tertiary/aromatic N) is 3. The van der Waals surface area contributed by atoms with E-state index in [-0.39, 0.29) is 18.2 Å². The highest BCUT2D eigenvalue weighted by Crippen LogP contribution is 2.36. The summed E-state index contributed by atoms with van der Waals surface area (Å²) in [6.07, 6.45) is 4.17. The molecule has 1 fully saturated rings. The summed E-state index contributed by atoms with van der Waals surface area (Å²) in [5.74, 6) is -0.480. The molecule has 1 aromatic carbocycles. The topological polar surface area (TPSA) is 74.1 Å². The molecule has 2 heterocycles. The van der Waals surface area contributed by atoms with Crippen molar-refractivity contribution in [3.63, 3.8) is 0 Å². The zero-order chi connectivity index (χ0) is 19.0. The van der Waals surface area contributed by atoms with Crippen LogP contribution in [0.25, 0.3) is 0 Å². The highest BCUT2D eigenvalue weighted by atomic mass is 79.9. The molecular formula is C20H16BrN3O2S. The van der Waals surface area contributed by atoms with Crippen molar-refractivity contribution in [2.75, 3.05) is 4.90 Å². The smallest absolute Gasteiger partial charge is 0.247 e. The van der Waals surface area contributed by atoms with Crippen molar-refractivity contribution in [1.29, 1.82) is 5.26 Å². The molecule has 7 heteroatoms. The molecule has 0 saturated carbocycles. The number of anilines is 1. The molecule has 0 N–H and O–H groups in total. The lowest BCUT2D eigenvalue weighted by Gasteiger charge is -2.18. The Balaban J connectivity index is 1.60. The van der Waals surface area contributed by atoms with E-state index in [9.17, 15) is 14.9 Å². The van der Waals surface area contributed by atoms with Gasteiger partial charge in [0.05, 0.1) is 16.5 Å². The number of aromatic nitrogens is 1. The van der Waals surface area contributed by atoms with Crippen LogP contribution in [0.2, 0.25) is 0 Å². The lowest BCUT2D eigenvalue weighted by molar-refractivity contribution is -0.121. The van der Waals surface area contributed by atoms with E-state index in [1.165, 1.54) is 16.7 Å². The number of carbonyl (C=O) groups excluding carboxylic acids is 2. The number of rotatable bonds is 3. The van der Waals surface area contributed by atoms with Crippen molar-refractivity contribution in [3.05, 3.63) is 51.6 Å². The van der Waals surface area contributed by atoms with E-state index in [2.05, 4.69) is 27.0 Å². The molecule has 2 amide bonds. The number of aryl methyl sites for hydroxylation is 2. The minimum atomic E-state index is -0.553. The van der Waals surface area contributed by atoms with Crippen LogP contribution in [-0.4, -0.2) is 22.0 Å². The fourth-order valence-electron chi connectivity index (χ4n) is 3.48. The van der Waals surface area contributed by atoms with Gasteiger partial charge < -0.3 is 0 Å². The van der Waals surface area contributed by atoms with Crippen molar-refractivity contribution in [1.82, 2.24) is 4.98 Å². The zero-order valence-electron chi connectivity index (χ0n) is 14.4. The Morgan fingerprint density at radius 3 is 2.67 bits per heavy atom. The Morgan fingerprint density at radius 1 is 1.19 bits per heavy atom. The number of benzene rings is 1. The molecule has 1 aliphatic heterocycles. The van der Waals surface area contributed by atoms with E-state index in [0.29, 0.717) is 16.3 Å². The van der Waals surface area contributed by atoms with Crippen LogP contribution in [-0.2, 0) is 22.4 Å². The first kappa shape index (κ1) is 18.2. The number of nitriles is 1. The summed E-state index contributed by atoms with van der Waals surface area (Å²) >= 11 is 4.59. The fraction of sp³-hybridized carbons (Fsp3) is 0.300. The Bertz CT molecular complexity index is 968. The molecule has 4 rings (SSSR count). The second-order valence-corrected chi connectivity index (χ2v) is 8.73. The van der Waals surface area contributed by atoms with Crippen LogP contribution in [0.4, 0.5) is 5.69 Å². The molecule has 0 radical (unpaired) electrons. The van der Waals surface area contributed by atoms with Crippen molar-refractivity contribution in [2.45, 2.75) is 42.4 Å². The second kappa shape index (κ2) is 7.45. The molecule has 1 aromatic heterocycles. The number of halogens is 1. The Kier molecular flexibility index (Phi) is 5.02. The van der Waals surface area contributed by atoms with Gasteiger partial charge in [-0.3, -0.25) is 9.59 Å². The van der Waals surface area contributed by atoms with Crippen LogP contribution in [0.1, 0.15) is 36.1 Å². The summed E-state index contributed by atoms with van der Waals surface area (Å²) < 4.78 is 0.883. The average molecular weight is 442 g/mol. The number of fused-ring (bicyclic) bond motifs is 1. The summed E-state index contributed by atoms with van der Waals surface area (Å²) in [5, 5.41) is 9.50. The van der Waals surface area contributed by atoms with Crippen LogP contribution in [0.15, 0.2) is 39.8 Å². The van der Waals surface area contributed by atoms with Crippen LogP contribution in [0.5, 0.6) is 0 Å². The molecule has 2 aromatic rings. The van der Waals surface area contributed by atoms with Crippen molar-refractivity contribution >= 4 is 45.2 Å². The minimum absolute atomic E-state index is 0.114. The van der Waals surface area contributed by atoms with E-state index < -0.39 is 5.25 Å². The summed E-state index contributed by atoms with van der Waals surface area (Å²) in [5.41, 5.74) is 3.20. The number of pyridine rings is 1. The monoisotopic (exact) mass is 441 g/mol. The summed E-state index contributed by atoms with van der Waals surface area (Å²) in [7, 11) is 0. The maximum absolute atomic E-state index is 12.9. The first-order chi connectivity index (χ1) is 13.1. The van der Waals surface area contributed by atoms with Gasteiger partial charge in [0.1, 0.15) is 11.1 Å². The molecule has 1 saturated heterocycles. The first-order valence-electron chi connectivity index (χ1n) is 8.78. The van der Waals surface area contributed by atoms with Gasteiger partial charge >= 0.3 is 0 Å². The maximum Gasteiger partial charge on any atom is 0.247 e. The quantitative estimate of drug-likeness (QED) is 0.672. The van der Waals surface area contributed by atoms with Gasteiger partial charge in [0.15, 0.2) is 0 Å². The number of hydrogen-bond acceptors (Lipinski definition) is 5. The molecule has 27 heavy (non-hydrogen) atoms. The number of thioether (sulfide) groups is 1. The molecule has 0 spiro atoms. The third kappa shape index (κ3) is 3.52. The molecule has 2 aliphatic rings. The number of carbonyl (C=O) groups is 2. The van der Waals surface area contributed by atoms with Gasteiger partial charge in [-0.2, -0.15) is 5.26 Å². The SMILES string of the molecule is N#Cc1cc2c(nc1S[C@@H]1CC(=O)N(c3ccc(Br)cc3)C1=O)CCCC2. The molecule has 136 valence electrons. The van der Waals surface area contributed by atoms with Gasteiger partial charge in [-0.25, -0.2) is 9.88 Å². The van der Waals surface area contributed by atoms with Gasteiger partial charge in [0, 0.05) is 16.6 Å². The number of imide groups is 1. The van der Waals surface area contributed by atoms with Gasteiger partial charge in [-0.15, -0.1) is 0 Å². The molecule has 0 unspecified atom stereocenters. The van der Waals surface area contributed by atoms with E-state index >= 15 is 0 Å². The van der Waals surface area contributed by atoms with Crippen molar-refractivity contribution < 1.29 is 9.59 Å². The molecular weight excluding hydrogens is 426 g/mol. The first-order valence-corrected chi connectivity index (χ1v) is 10.5. The molecule has 0 bridgehead atoms. The van der Waals surface area contributed by atoms with E-state index in [1.807, 2.05) is 6.07 Å². The molecule has 1 atom stereocenters. The van der Waals surface area contributed by atoms with Gasteiger partial charge in [0.25, 0.3) is 0 Å². The summed E-state index contributed by atoms with van der Waals surface area (Å²) in [4.78, 5) is 31.2. The van der Waals surface area contributed by atoms with Crippen LogP contribution >= 0.6 is 27.7 Å². The standard InChI is InChI=1S/C20H16BrN3O2S/c21-14-5-7-15(8-6-14)24-18(25)10-17(20(24)26)27-19-13(11-22)9-12-3-1-2-4-16(12)23-19/h5-9,17H,1-4,10H2/t17-/m1/s1. The van der Waals surface area contributed by atoms with Crippen LogP contribution in [0, 0.1) is 11.3 Å². The van der Waals surface area contributed by atoms with Gasteiger partial charge in [-0.05, 0) is 61.6 Å². The predicted octanol–water partition coefficient (Wildman–Crippen LogP) is 4.02. The van der Waals surface area contributed by atoms with Crippen molar-refractivity contribution in [2.24, 2.45) is 0 Å². The zero-order valence-corrected chi connectivity index (χ0v) is 16.8. The highest BCUT2D eigenvalue weighted by molar-refractivity contribution is 9.10. The van der Waals surface area contributed by atoms with E-state index in [1.54, 1.807) is 24.3 Å². The highest BCUT2D eigenvalue weighted by Gasteiger charge is 2.40. The second-order valence-electron chi connectivity index (χ2n) is 6.62. The van der Waals surface area contributed by atoms with E-state index in [0.717, 1.165) is 41.4 Å². The van der Waals surface area contributed by atoms with Gasteiger partial charge in [-0.1, -0.05) is 27.7 Å².